The van der Waals surface area contributed by atoms with Crippen LogP contribution < -0.4 is 5.32 Å². The fourth-order valence-corrected chi connectivity index (χ4v) is 1.83. The van der Waals surface area contributed by atoms with Crippen molar-refractivity contribution < 1.29 is 19.8 Å². The molecule has 0 amide bonds. The van der Waals surface area contributed by atoms with E-state index in [0.29, 0.717) is 6.42 Å². The summed E-state index contributed by atoms with van der Waals surface area (Å²) in [7, 11) is 0. The van der Waals surface area contributed by atoms with Gasteiger partial charge in [-0.1, -0.05) is 13.8 Å². The quantitative estimate of drug-likeness (QED) is 0.605. The summed E-state index contributed by atoms with van der Waals surface area (Å²) in [5, 5.41) is 20.4. The molecule has 0 aromatic heterocycles. The van der Waals surface area contributed by atoms with Gasteiger partial charge in [0, 0.05) is 6.04 Å². The summed E-state index contributed by atoms with van der Waals surface area (Å²) in [6.07, 6.45) is 0.602. The van der Waals surface area contributed by atoms with Gasteiger partial charge in [0.05, 0.1) is 5.92 Å². The normalized spacial score (nSPS) is 34.0. The molecule has 1 aliphatic rings. The molecule has 14 heavy (non-hydrogen) atoms. The number of nitrogens with one attached hydrogen (secondary N) is 1. The smallest absolute Gasteiger partial charge is 0.320 e. The second-order valence-corrected chi connectivity index (χ2v) is 3.93. The molecule has 0 spiro atoms. The first-order valence-corrected chi connectivity index (χ1v) is 4.65. The molecule has 80 valence electrons. The molecule has 0 aromatic rings. The molecular formula is C9H15NO4. The van der Waals surface area contributed by atoms with Crippen LogP contribution in [0.5, 0.6) is 0 Å². The molecule has 4 unspecified atom stereocenters. The minimum atomic E-state index is -0.905. The molecule has 1 saturated heterocycles. The maximum Gasteiger partial charge on any atom is 0.320 e. The number of hydrogen-bond acceptors (Lipinski definition) is 3. The Hall–Kier alpha value is -1.10. The number of rotatable bonds is 3. The molecule has 4 atom stereocenters. The lowest BCUT2D eigenvalue weighted by molar-refractivity contribution is -0.143. The Morgan fingerprint density at radius 2 is 2.00 bits per heavy atom. The van der Waals surface area contributed by atoms with Crippen LogP contribution >= 0.6 is 0 Å². The molecule has 0 radical (unpaired) electrons. The van der Waals surface area contributed by atoms with Crippen molar-refractivity contribution in [2.75, 3.05) is 0 Å². The van der Waals surface area contributed by atoms with Crippen LogP contribution in [-0.4, -0.2) is 34.2 Å². The molecule has 5 heteroatoms. The van der Waals surface area contributed by atoms with Gasteiger partial charge in [0.1, 0.15) is 6.04 Å². The monoisotopic (exact) mass is 201 g/mol. The third kappa shape index (κ3) is 2.04. The zero-order valence-corrected chi connectivity index (χ0v) is 8.23. The van der Waals surface area contributed by atoms with E-state index in [4.69, 9.17) is 10.2 Å². The zero-order valence-electron chi connectivity index (χ0n) is 8.23. The van der Waals surface area contributed by atoms with Crippen LogP contribution in [0.15, 0.2) is 0 Å². The lowest BCUT2D eigenvalue weighted by Crippen LogP contribution is -2.41. The van der Waals surface area contributed by atoms with Gasteiger partial charge in [0.15, 0.2) is 0 Å². The summed E-state index contributed by atoms with van der Waals surface area (Å²) >= 11 is 0. The number of carboxylic acids is 2. The minimum absolute atomic E-state index is 0.0145. The van der Waals surface area contributed by atoms with Crippen LogP contribution in [0.1, 0.15) is 20.3 Å². The predicted octanol–water partition coefficient (Wildman–Crippen LogP) is 0.158. The molecule has 1 rings (SSSR count). The lowest BCUT2D eigenvalue weighted by atomic mass is 9.96. The van der Waals surface area contributed by atoms with E-state index in [2.05, 4.69) is 5.32 Å². The van der Waals surface area contributed by atoms with Crippen molar-refractivity contribution in [3.8, 4) is 0 Å². The van der Waals surface area contributed by atoms with Gasteiger partial charge in [-0.3, -0.25) is 9.59 Å². The van der Waals surface area contributed by atoms with Gasteiger partial charge in [0.2, 0.25) is 0 Å². The van der Waals surface area contributed by atoms with E-state index in [1.807, 2.05) is 6.92 Å². The predicted molar refractivity (Wildman–Crippen MR) is 48.9 cm³/mol. The molecule has 1 aliphatic heterocycles. The van der Waals surface area contributed by atoms with Crippen molar-refractivity contribution >= 4 is 11.9 Å². The highest BCUT2D eigenvalue weighted by Crippen LogP contribution is 2.24. The van der Waals surface area contributed by atoms with Crippen LogP contribution in [0.25, 0.3) is 0 Å². The topological polar surface area (TPSA) is 86.6 Å². The van der Waals surface area contributed by atoms with Gasteiger partial charge in [-0.05, 0) is 12.3 Å². The number of carboxylic acid groups (broad SMARTS) is 2. The van der Waals surface area contributed by atoms with Crippen molar-refractivity contribution in [1.29, 1.82) is 0 Å². The van der Waals surface area contributed by atoms with Gasteiger partial charge in [-0.2, -0.15) is 0 Å². The summed E-state index contributed by atoms with van der Waals surface area (Å²) in [6.45, 7) is 3.41. The maximum absolute atomic E-state index is 10.7. The SMILES string of the molecule is CC1CC(C(C)C(=O)O)NC1C(=O)O. The van der Waals surface area contributed by atoms with Crippen molar-refractivity contribution in [3.05, 3.63) is 0 Å². The summed E-state index contributed by atoms with van der Waals surface area (Å²) in [5.74, 6) is -2.35. The molecule has 1 fully saturated rings. The van der Waals surface area contributed by atoms with Crippen LogP contribution in [-0.2, 0) is 9.59 Å². The van der Waals surface area contributed by atoms with Gasteiger partial charge >= 0.3 is 11.9 Å². The van der Waals surface area contributed by atoms with E-state index in [0.717, 1.165) is 0 Å². The minimum Gasteiger partial charge on any atom is -0.481 e. The highest BCUT2D eigenvalue weighted by atomic mass is 16.4. The third-order valence-corrected chi connectivity index (χ3v) is 2.85. The van der Waals surface area contributed by atoms with E-state index < -0.39 is 23.9 Å². The van der Waals surface area contributed by atoms with Crippen LogP contribution in [0.3, 0.4) is 0 Å². The van der Waals surface area contributed by atoms with Crippen LogP contribution in [0, 0.1) is 11.8 Å². The molecular weight excluding hydrogens is 186 g/mol. The van der Waals surface area contributed by atoms with Crippen molar-refractivity contribution in [1.82, 2.24) is 5.32 Å². The maximum atomic E-state index is 10.7. The summed E-state index contributed by atoms with van der Waals surface area (Å²) in [6, 6.07) is -0.842. The molecule has 0 saturated carbocycles. The van der Waals surface area contributed by atoms with Crippen LogP contribution in [0.4, 0.5) is 0 Å². The van der Waals surface area contributed by atoms with E-state index in [1.165, 1.54) is 0 Å². The van der Waals surface area contributed by atoms with Gasteiger partial charge in [-0.25, -0.2) is 0 Å². The molecule has 3 N–H and O–H groups in total. The number of carbonyl (C=O) groups is 2. The Balaban J connectivity index is 2.63. The highest BCUT2D eigenvalue weighted by molar-refractivity contribution is 5.75. The van der Waals surface area contributed by atoms with E-state index >= 15 is 0 Å². The van der Waals surface area contributed by atoms with Crippen LogP contribution in [0.2, 0.25) is 0 Å². The van der Waals surface area contributed by atoms with E-state index in [9.17, 15) is 9.59 Å². The average Bonchev–Trinajstić information content (AvgIpc) is 2.45. The van der Waals surface area contributed by atoms with Gasteiger partial charge in [0.25, 0.3) is 0 Å². The van der Waals surface area contributed by atoms with Crippen molar-refractivity contribution in [3.63, 3.8) is 0 Å². The first-order chi connectivity index (χ1) is 6.43. The zero-order chi connectivity index (χ0) is 10.9. The van der Waals surface area contributed by atoms with Gasteiger partial charge < -0.3 is 15.5 Å². The second-order valence-electron chi connectivity index (χ2n) is 3.93. The molecule has 0 bridgehead atoms. The highest BCUT2D eigenvalue weighted by Gasteiger charge is 2.39. The first-order valence-electron chi connectivity index (χ1n) is 4.65. The van der Waals surface area contributed by atoms with Gasteiger partial charge in [-0.15, -0.1) is 0 Å². The lowest BCUT2D eigenvalue weighted by Gasteiger charge is -2.15. The largest absolute Gasteiger partial charge is 0.481 e. The Labute approximate surface area is 82.1 Å². The molecule has 1 heterocycles. The summed E-state index contributed by atoms with van der Waals surface area (Å²) in [5.41, 5.74) is 0. The number of aliphatic carboxylic acids is 2. The van der Waals surface area contributed by atoms with E-state index in [1.54, 1.807) is 6.92 Å². The third-order valence-electron chi connectivity index (χ3n) is 2.85. The fraction of sp³-hybridized carbons (Fsp3) is 0.778. The van der Waals surface area contributed by atoms with Crippen molar-refractivity contribution in [2.24, 2.45) is 11.8 Å². The Morgan fingerprint density at radius 1 is 1.43 bits per heavy atom. The first kappa shape index (κ1) is 11.0. The van der Waals surface area contributed by atoms with E-state index in [-0.39, 0.29) is 12.0 Å². The molecule has 5 nitrogen and oxygen atoms in total. The molecule has 0 aromatic carbocycles. The molecule has 0 aliphatic carbocycles. The Bertz CT molecular complexity index is 253. The fourth-order valence-electron chi connectivity index (χ4n) is 1.83. The Kier molecular flexibility index (Phi) is 3.10. The Morgan fingerprint density at radius 3 is 2.36 bits per heavy atom. The van der Waals surface area contributed by atoms with Crippen molar-refractivity contribution in [2.45, 2.75) is 32.4 Å². The summed E-state index contributed by atoms with van der Waals surface area (Å²) in [4.78, 5) is 21.4. The second kappa shape index (κ2) is 3.96. The summed E-state index contributed by atoms with van der Waals surface area (Å²) < 4.78 is 0. The number of hydrogen-bond donors (Lipinski definition) is 3. The average molecular weight is 201 g/mol. The standard InChI is InChI=1S/C9H15NO4/c1-4-3-6(5(2)8(11)12)10-7(4)9(13)14/h4-7,10H,3H2,1-2H3,(H,11,12)(H,13,14).